The Balaban J connectivity index is 2.47. The Morgan fingerprint density at radius 1 is 1.22 bits per heavy atom. The van der Waals surface area contributed by atoms with Crippen LogP contribution in [0.15, 0.2) is 40.9 Å². The molecule has 0 aliphatic carbocycles. The topological polar surface area (TPSA) is 20.2 Å². The van der Waals surface area contributed by atoms with Gasteiger partial charge in [0, 0.05) is 9.50 Å². The first-order valence-electron chi connectivity index (χ1n) is 5.37. The van der Waals surface area contributed by atoms with Crippen LogP contribution in [-0.4, -0.2) is 5.11 Å². The van der Waals surface area contributed by atoms with Gasteiger partial charge in [0.1, 0.15) is 11.9 Å². The predicted octanol–water partition coefficient (Wildman–Crippen LogP) is 4.63. The number of hydrogen-bond donors (Lipinski definition) is 1. The van der Waals surface area contributed by atoms with E-state index >= 15 is 0 Å². The maximum Gasteiger partial charge on any atom is 0.123 e. The molecule has 0 heterocycles. The molecule has 0 radical (unpaired) electrons. The predicted molar refractivity (Wildman–Crippen MR) is 74.4 cm³/mol. The second-order valence-corrected chi connectivity index (χ2v) is 5.46. The number of aliphatic hydroxyl groups excluding tert-OH is 1. The van der Waals surface area contributed by atoms with E-state index in [1.165, 1.54) is 12.1 Å². The molecule has 2 aromatic carbocycles. The van der Waals surface area contributed by atoms with Crippen molar-refractivity contribution in [1.29, 1.82) is 0 Å². The molecule has 1 nitrogen and oxygen atoms in total. The second kappa shape index (κ2) is 5.39. The minimum absolute atomic E-state index is 0.365. The van der Waals surface area contributed by atoms with Crippen LogP contribution in [0.1, 0.15) is 22.8 Å². The van der Waals surface area contributed by atoms with Gasteiger partial charge in [0.2, 0.25) is 0 Å². The van der Waals surface area contributed by atoms with Gasteiger partial charge in [-0.2, -0.15) is 0 Å². The van der Waals surface area contributed by atoms with E-state index in [1.54, 1.807) is 24.3 Å². The van der Waals surface area contributed by atoms with Crippen molar-refractivity contribution in [2.75, 3.05) is 0 Å². The summed E-state index contributed by atoms with van der Waals surface area (Å²) >= 11 is 9.25. The van der Waals surface area contributed by atoms with Crippen molar-refractivity contribution < 1.29 is 9.50 Å². The van der Waals surface area contributed by atoms with E-state index in [0.717, 1.165) is 10.0 Å². The van der Waals surface area contributed by atoms with Gasteiger partial charge in [0.15, 0.2) is 0 Å². The zero-order valence-electron chi connectivity index (χ0n) is 9.62. The van der Waals surface area contributed by atoms with Crippen LogP contribution in [0.3, 0.4) is 0 Å². The van der Waals surface area contributed by atoms with Gasteiger partial charge in [-0.15, -0.1) is 0 Å². The zero-order valence-corrected chi connectivity index (χ0v) is 12.0. The molecule has 4 heteroatoms. The molecule has 1 unspecified atom stereocenters. The maximum absolute atomic E-state index is 13.2. The van der Waals surface area contributed by atoms with Crippen molar-refractivity contribution in [3.8, 4) is 0 Å². The summed E-state index contributed by atoms with van der Waals surface area (Å²) in [5.41, 5.74) is 2.01. The minimum atomic E-state index is -0.893. The molecular weight excluding hydrogens is 319 g/mol. The number of aliphatic hydroxyl groups is 1. The first-order chi connectivity index (χ1) is 8.47. The molecule has 0 aliphatic heterocycles. The quantitative estimate of drug-likeness (QED) is 0.851. The van der Waals surface area contributed by atoms with Gasteiger partial charge in [0.05, 0.1) is 0 Å². The van der Waals surface area contributed by atoms with Gasteiger partial charge in [-0.05, 0) is 53.9 Å². The molecule has 1 N–H and O–H groups in total. The molecule has 0 aliphatic rings. The third-order valence-corrected chi connectivity index (χ3v) is 3.41. The monoisotopic (exact) mass is 328 g/mol. The summed E-state index contributed by atoms with van der Waals surface area (Å²) in [5.74, 6) is -0.365. The summed E-state index contributed by atoms with van der Waals surface area (Å²) in [4.78, 5) is 0. The molecule has 0 spiro atoms. The van der Waals surface area contributed by atoms with E-state index in [1.807, 2.05) is 6.92 Å². The average molecular weight is 330 g/mol. The number of benzene rings is 2. The van der Waals surface area contributed by atoms with Crippen molar-refractivity contribution in [2.24, 2.45) is 0 Å². The lowest BCUT2D eigenvalue weighted by Gasteiger charge is -2.15. The van der Waals surface area contributed by atoms with Crippen LogP contribution in [0.4, 0.5) is 4.39 Å². The average Bonchev–Trinajstić information content (AvgIpc) is 2.30. The molecule has 0 bridgehead atoms. The van der Waals surface area contributed by atoms with Crippen molar-refractivity contribution in [3.05, 3.63) is 68.4 Å². The van der Waals surface area contributed by atoms with E-state index < -0.39 is 6.10 Å². The van der Waals surface area contributed by atoms with E-state index in [2.05, 4.69) is 15.9 Å². The van der Waals surface area contributed by atoms with Gasteiger partial charge in [-0.3, -0.25) is 0 Å². The lowest BCUT2D eigenvalue weighted by molar-refractivity contribution is 0.219. The van der Waals surface area contributed by atoms with Crippen LogP contribution in [0.2, 0.25) is 5.02 Å². The summed E-state index contributed by atoms with van der Waals surface area (Å²) in [5, 5.41) is 10.8. The third-order valence-electron chi connectivity index (χ3n) is 2.74. The highest BCUT2D eigenvalue weighted by Crippen LogP contribution is 2.29. The van der Waals surface area contributed by atoms with Crippen LogP contribution in [0, 0.1) is 12.7 Å². The first-order valence-corrected chi connectivity index (χ1v) is 6.54. The Hall–Kier alpha value is -0.900. The Morgan fingerprint density at radius 2 is 1.94 bits per heavy atom. The Morgan fingerprint density at radius 3 is 2.61 bits per heavy atom. The summed E-state index contributed by atoms with van der Waals surface area (Å²) in [6, 6.07) is 9.53. The number of hydrogen-bond acceptors (Lipinski definition) is 1. The lowest BCUT2D eigenvalue weighted by Crippen LogP contribution is -2.02. The molecule has 18 heavy (non-hydrogen) atoms. The highest BCUT2D eigenvalue weighted by Gasteiger charge is 2.14. The summed E-state index contributed by atoms with van der Waals surface area (Å²) in [6.45, 7) is 1.83. The summed E-state index contributed by atoms with van der Waals surface area (Å²) < 4.78 is 14.0. The van der Waals surface area contributed by atoms with Crippen molar-refractivity contribution in [2.45, 2.75) is 13.0 Å². The van der Waals surface area contributed by atoms with E-state index in [4.69, 9.17) is 11.6 Å². The number of halogens is 3. The third kappa shape index (κ3) is 2.91. The van der Waals surface area contributed by atoms with E-state index in [9.17, 15) is 9.50 Å². The van der Waals surface area contributed by atoms with Crippen molar-refractivity contribution >= 4 is 27.5 Å². The summed E-state index contributed by atoms with van der Waals surface area (Å²) in [7, 11) is 0. The fourth-order valence-electron chi connectivity index (χ4n) is 1.82. The molecule has 94 valence electrons. The number of rotatable bonds is 2. The molecule has 0 saturated carbocycles. The lowest BCUT2D eigenvalue weighted by atomic mass is 9.97. The molecule has 0 saturated heterocycles. The SMILES string of the molecule is Cc1ccc(F)cc1C(O)c1cc(Cl)cc(Br)c1. The summed E-state index contributed by atoms with van der Waals surface area (Å²) in [6.07, 6.45) is -0.893. The Labute approximate surface area is 118 Å². The van der Waals surface area contributed by atoms with Gasteiger partial charge >= 0.3 is 0 Å². The maximum atomic E-state index is 13.2. The minimum Gasteiger partial charge on any atom is -0.384 e. The van der Waals surface area contributed by atoms with Crippen molar-refractivity contribution in [3.63, 3.8) is 0 Å². The van der Waals surface area contributed by atoms with Gasteiger partial charge in [0.25, 0.3) is 0 Å². The molecular formula is C14H11BrClFO. The normalized spacial score (nSPS) is 12.5. The van der Waals surface area contributed by atoms with E-state index in [0.29, 0.717) is 16.1 Å². The van der Waals surface area contributed by atoms with Gasteiger partial charge in [-0.25, -0.2) is 4.39 Å². The fraction of sp³-hybridized carbons (Fsp3) is 0.143. The van der Waals surface area contributed by atoms with Crippen LogP contribution in [0.5, 0.6) is 0 Å². The largest absolute Gasteiger partial charge is 0.384 e. The highest BCUT2D eigenvalue weighted by molar-refractivity contribution is 9.10. The van der Waals surface area contributed by atoms with Crippen LogP contribution in [0.25, 0.3) is 0 Å². The molecule has 0 aromatic heterocycles. The molecule has 2 rings (SSSR count). The fourth-order valence-corrected chi connectivity index (χ4v) is 2.70. The van der Waals surface area contributed by atoms with Crippen molar-refractivity contribution in [1.82, 2.24) is 0 Å². The van der Waals surface area contributed by atoms with Gasteiger partial charge < -0.3 is 5.11 Å². The Kier molecular flexibility index (Phi) is 4.05. The molecule has 2 aromatic rings. The molecule has 0 fully saturated rings. The van der Waals surface area contributed by atoms with Crippen LogP contribution in [-0.2, 0) is 0 Å². The highest BCUT2D eigenvalue weighted by atomic mass is 79.9. The van der Waals surface area contributed by atoms with E-state index in [-0.39, 0.29) is 5.82 Å². The van der Waals surface area contributed by atoms with Gasteiger partial charge in [-0.1, -0.05) is 33.6 Å². The molecule has 0 amide bonds. The van der Waals surface area contributed by atoms with Crippen LogP contribution >= 0.6 is 27.5 Å². The standard InChI is InChI=1S/C14H11BrClFO/c1-8-2-3-12(17)7-13(8)14(18)9-4-10(15)6-11(16)5-9/h2-7,14,18H,1H3. The van der Waals surface area contributed by atoms with Crippen LogP contribution < -0.4 is 0 Å². The number of aryl methyl sites for hydroxylation is 1. The molecule has 1 atom stereocenters. The second-order valence-electron chi connectivity index (χ2n) is 4.11. The zero-order chi connectivity index (χ0) is 13.3. The Bertz CT molecular complexity index is 566. The first kappa shape index (κ1) is 13.5. The smallest absolute Gasteiger partial charge is 0.123 e.